The van der Waals surface area contributed by atoms with Crippen molar-refractivity contribution in [3.8, 4) is 0 Å². The Hall–Kier alpha value is -1.03. The molecule has 1 N–H and O–H groups in total. The Labute approximate surface area is 135 Å². The van der Waals surface area contributed by atoms with Crippen LogP contribution in [0, 0.1) is 0 Å². The molecule has 2 rings (SSSR count). The molecular weight excluding hydrogens is 307 g/mol. The first-order chi connectivity index (χ1) is 10.0. The highest BCUT2D eigenvalue weighted by molar-refractivity contribution is 6.42. The SMILES string of the molecule is CCC(CC)n1ccc(CC(O)c2ccc(Cl)c(Cl)c2)n1. The van der Waals surface area contributed by atoms with Crippen molar-refractivity contribution in [1.82, 2.24) is 9.78 Å². The summed E-state index contributed by atoms with van der Waals surface area (Å²) in [7, 11) is 0. The van der Waals surface area contributed by atoms with Crippen molar-refractivity contribution in [3.63, 3.8) is 0 Å². The number of rotatable bonds is 6. The molecule has 0 aliphatic heterocycles. The predicted octanol–water partition coefficient (Wildman–Crippen LogP) is 4.83. The zero-order chi connectivity index (χ0) is 15.4. The lowest BCUT2D eigenvalue weighted by Crippen LogP contribution is -2.09. The lowest BCUT2D eigenvalue weighted by Gasteiger charge is -2.13. The third-order valence-corrected chi connectivity index (χ3v) is 4.45. The molecule has 1 aromatic heterocycles. The summed E-state index contributed by atoms with van der Waals surface area (Å²) in [6, 6.07) is 7.56. The Kier molecular flexibility index (Phi) is 5.68. The van der Waals surface area contributed by atoms with E-state index in [2.05, 4.69) is 18.9 Å². The van der Waals surface area contributed by atoms with Crippen LogP contribution in [-0.2, 0) is 6.42 Å². The van der Waals surface area contributed by atoms with Crippen molar-refractivity contribution in [2.45, 2.75) is 45.3 Å². The Bertz CT molecular complexity index is 594. The van der Waals surface area contributed by atoms with E-state index in [0.29, 0.717) is 22.5 Å². The van der Waals surface area contributed by atoms with Gasteiger partial charge in [0.25, 0.3) is 0 Å². The van der Waals surface area contributed by atoms with E-state index in [4.69, 9.17) is 23.2 Å². The van der Waals surface area contributed by atoms with E-state index >= 15 is 0 Å². The largest absolute Gasteiger partial charge is 0.388 e. The van der Waals surface area contributed by atoms with Crippen LogP contribution in [-0.4, -0.2) is 14.9 Å². The monoisotopic (exact) mass is 326 g/mol. The molecule has 21 heavy (non-hydrogen) atoms. The van der Waals surface area contributed by atoms with Gasteiger partial charge < -0.3 is 5.11 Å². The summed E-state index contributed by atoms with van der Waals surface area (Å²) in [5.41, 5.74) is 1.63. The maximum Gasteiger partial charge on any atom is 0.0846 e. The van der Waals surface area contributed by atoms with Gasteiger partial charge in [-0.2, -0.15) is 5.10 Å². The molecule has 0 aliphatic rings. The van der Waals surface area contributed by atoms with Gasteiger partial charge in [-0.15, -0.1) is 0 Å². The smallest absolute Gasteiger partial charge is 0.0846 e. The fourth-order valence-corrected chi connectivity index (χ4v) is 2.69. The zero-order valence-corrected chi connectivity index (χ0v) is 13.8. The van der Waals surface area contributed by atoms with Gasteiger partial charge in [-0.05, 0) is 36.6 Å². The molecule has 0 spiro atoms. The molecule has 0 saturated carbocycles. The second-order valence-electron chi connectivity index (χ2n) is 5.15. The van der Waals surface area contributed by atoms with Crippen molar-refractivity contribution in [1.29, 1.82) is 0 Å². The number of halogens is 2. The summed E-state index contributed by atoms with van der Waals surface area (Å²) in [4.78, 5) is 0. The highest BCUT2D eigenvalue weighted by Gasteiger charge is 2.14. The summed E-state index contributed by atoms with van der Waals surface area (Å²) < 4.78 is 1.98. The Balaban J connectivity index is 2.08. The maximum absolute atomic E-state index is 10.3. The molecule has 0 amide bonds. The molecule has 3 nitrogen and oxygen atoms in total. The lowest BCUT2D eigenvalue weighted by atomic mass is 10.1. The molecule has 1 heterocycles. The highest BCUT2D eigenvalue weighted by Crippen LogP contribution is 2.27. The van der Waals surface area contributed by atoms with Gasteiger partial charge >= 0.3 is 0 Å². The van der Waals surface area contributed by atoms with Crippen LogP contribution < -0.4 is 0 Å². The van der Waals surface area contributed by atoms with Crippen molar-refractivity contribution in [2.75, 3.05) is 0 Å². The quantitative estimate of drug-likeness (QED) is 0.825. The van der Waals surface area contributed by atoms with E-state index in [1.54, 1.807) is 18.2 Å². The van der Waals surface area contributed by atoms with Gasteiger partial charge in [-0.25, -0.2) is 0 Å². The molecule has 0 bridgehead atoms. The lowest BCUT2D eigenvalue weighted by molar-refractivity contribution is 0.176. The van der Waals surface area contributed by atoms with E-state index in [0.717, 1.165) is 24.1 Å². The molecule has 114 valence electrons. The molecule has 0 fully saturated rings. The van der Waals surface area contributed by atoms with Crippen molar-refractivity contribution >= 4 is 23.2 Å². The van der Waals surface area contributed by atoms with Crippen LogP contribution in [0.5, 0.6) is 0 Å². The summed E-state index contributed by atoms with van der Waals surface area (Å²) in [5.74, 6) is 0. The number of hydrogen-bond donors (Lipinski definition) is 1. The minimum atomic E-state index is -0.634. The van der Waals surface area contributed by atoms with Crippen molar-refractivity contribution < 1.29 is 5.11 Å². The highest BCUT2D eigenvalue weighted by atomic mass is 35.5. The first kappa shape index (κ1) is 16.3. The van der Waals surface area contributed by atoms with Crippen LogP contribution >= 0.6 is 23.2 Å². The standard InChI is InChI=1S/C16H20Cl2N2O/c1-3-13(4-2)20-8-7-12(19-20)10-16(21)11-5-6-14(17)15(18)9-11/h5-9,13,16,21H,3-4,10H2,1-2H3. The molecule has 2 aromatic rings. The van der Waals surface area contributed by atoms with E-state index in [1.807, 2.05) is 16.9 Å². The molecule has 5 heteroatoms. The van der Waals surface area contributed by atoms with Gasteiger partial charge in [0.05, 0.1) is 27.9 Å². The minimum absolute atomic E-state index is 0.417. The molecule has 0 aliphatic carbocycles. The Morgan fingerprint density at radius 2 is 1.86 bits per heavy atom. The van der Waals surface area contributed by atoms with Crippen LogP contribution in [0.25, 0.3) is 0 Å². The molecule has 1 atom stereocenters. The van der Waals surface area contributed by atoms with Crippen LogP contribution in [0.2, 0.25) is 10.0 Å². The average molecular weight is 327 g/mol. The van der Waals surface area contributed by atoms with Gasteiger partial charge in [-0.3, -0.25) is 4.68 Å². The number of aliphatic hydroxyl groups is 1. The number of hydrogen-bond acceptors (Lipinski definition) is 2. The summed E-state index contributed by atoms with van der Waals surface area (Å²) in [6.07, 6.45) is 3.91. The fourth-order valence-electron chi connectivity index (χ4n) is 2.39. The number of aromatic nitrogens is 2. The predicted molar refractivity (Wildman–Crippen MR) is 87.0 cm³/mol. The summed E-state index contributed by atoms with van der Waals surface area (Å²) in [6.45, 7) is 4.31. The van der Waals surface area contributed by atoms with E-state index in [9.17, 15) is 5.11 Å². The first-order valence-corrected chi connectivity index (χ1v) is 7.97. The first-order valence-electron chi connectivity index (χ1n) is 7.22. The fraction of sp³-hybridized carbons (Fsp3) is 0.438. The van der Waals surface area contributed by atoms with Crippen LogP contribution in [0.3, 0.4) is 0 Å². The summed E-state index contributed by atoms with van der Waals surface area (Å²) >= 11 is 11.9. The van der Waals surface area contributed by atoms with Crippen LogP contribution in [0.1, 0.15) is 50.1 Å². The third-order valence-electron chi connectivity index (χ3n) is 3.71. The van der Waals surface area contributed by atoms with Gasteiger partial charge in [0, 0.05) is 12.6 Å². The number of benzene rings is 1. The van der Waals surface area contributed by atoms with E-state index in [-0.39, 0.29) is 0 Å². The molecule has 1 unspecified atom stereocenters. The number of aliphatic hydroxyl groups excluding tert-OH is 1. The third kappa shape index (κ3) is 4.00. The molecule has 1 aromatic carbocycles. The number of nitrogens with zero attached hydrogens (tertiary/aromatic N) is 2. The van der Waals surface area contributed by atoms with E-state index < -0.39 is 6.10 Å². The minimum Gasteiger partial charge on any atom is -0.388 e. The molecular formula is C16H20Cl2N2O. The molecule has 0 saturated heterocycles. The summed E-state index contributed by atoms with van der Waals surface area (Å²) in [5, 5.41) is 15.8. The Morgan fingerprint density at radius 1 is 1.14 bits per heavy atom. The van der Waals surface area contributed by atoms with Gasteiger partial charge in [0.15, 0.2) is 0 Å². The normalized spacial score (nSPS) is 12.9. The van der Waals surface area contributed by atoms with Crippen LogP contribution in [0.4, 0.5) is 0 Å². The van der Waals surface area contributed by atoms with E-state index in [1.165, 1.54) is 0 Å². The van der Waals surface area contributed by atoms with Gasteiger partial charge in [-0.1, -0.05) is 43.1 Å². The zero-order valence-electron chi connectivity index (χ0n) is 12.3. The maximum atomic E-state index is 10.3. The molecule has 0 radical (unpaired) electrons. The van der Waals surface area contributed by atoms with Gasteiger partial charge in [0.2, 0.25) is 0 Å². The topological polar surface area (TPSA) is 38.0 Å². The van der Waals surface area contributed by atoms with Gasteiger partial charge in [0.1, 0.15) is 0 Å². The van der Waals surface area contributed by atoms with Crippen molar-refractivity contribution in [2.24, 2.45) is 0 Å². The Morgan fingerprint density at radius 3 is 2.48 bits per heavy atom. The van der Waals surface area contributed by atoms with Crippen molar-refractivity contribution in [3.05, 3.63) is 51.8 Å². The second kappa shape index (κ2) is 7.30. The van der Waals surface area contributed by atoms with Crippen LogP contribution in [0.15, 0.2) is 30.5 Å². The average Bonchev–Trinajstić information content (AvgIpc) is 2.91. The second-order valence-corrected chi connectivity index (χ2v) is 5.97.